The summed E-state index contributed by atoms with van der Waals surface area (Å²) in [4.78, 5) is 2.79. The average molecular weight is 208 g/mol. The van der Waals surface area contributed by atoms with Crippen LogP contribution in [0.2, 0.25) is 0 Å². The molecule has 3 rings (SSSR count). The highest BCUT2D eigenvalue weighted by molar-refractivity contribution is 4.98. The highest BCUT2D eigenvalue weighted by Gasteiger charge is 2.43. The zero-order valence-electron chi connectivity index (χ0n) is 9.91. The first kappa shape index (κ1) is 10.1. The Morgan fingerprint density at radius 2 is 2.13 bits per heavy atom. The Morgan fingerprint density at radius 3 is 2.80 bits per heavy atom. The summed E-state index contributed by atoms with van der Waals surface area (Å²) in [7, 11) is 0. The molecule has 1 aliphatic heterocycles. The van der Waals surface area contributed by atoms with Gasteiger partial charge in [-0.2, -0.15) is 0 Å². The van der Waals surface area contributed by atoms with Crippen LogP contribution >= 0.6 is 0 Å². The van der Waals surface area contributed by atoms with E-state index in [1.807, 2.05) is 0 Å². The lowest BCUT2D eigenvalue weighted by Gasteiger charge is -2.31. The van der Waals surface area contributed by atoms with Crippen LogP contribution in [0.25, 0.3) is 0 Å². The van der Waals surface area contributed by atoms with Crippen molar-refractivity contribution in [2.75, 3.05) is 19.6 Å². The van der Waals surface area contributed by atoms with Crippen LogP contribution in [0.15, 0.2) is 0 Å². The van der Waals surface area contributed by atoms with Crippen LogP contribution in [0.3, 0.4) is 0 Å². The number of rotatable bonds is 3. The smallest absolute Gasteiger partial charge is 0.0207 e. The summed E-state index contributed by atoms with van der Waals surface area (Å²) in [5.41, 5.74) is 0. The Hall–Kier alpha value is -0.0800. The fraction of sp³-hybridized carbons (Fsp3) is 1.00. The lowest BCUT2D eigenvalue weighted by Crippen LogP contribution is -2.40. The molecule has 0 aromatic carbocycles. The summed E-state index contributed by atoms with van der Waals surface area (Å²) in [6.45, 7) is 6.03. The number of hydrogen-bond donors (Lipinski definition) is 1. The van der Waals surface area contributed by atoms with Gasteiger partial charge in [-0.3, -0.25) is 4.90 Å². The summed E-state index contributed by atoms with van der Waals surface area (Å²) in [5, 5.41) is 3.60. The molecule has 2 nitrogen and oxygen atoms in total. The van der Waals surface area contributed by atoms with Gasteiger partial charge in [0.1, 0.15) is 0 Å². The highest BCUT2D eigenvalue weighted by atomic mass is 15.2. The molecule has 0 aromatic heterocycles. The molecule has 4 unspecified atom stereocenters. The minimum absolute atomic E-state index is 0.786. The van der Waals surface area contributed by atoms with Crippen molar-refractivity contribution in [1.29, 1.82) is 0 Å². The third-order valence-electron chi connectivity index (χ3n) is 4.88. The molecule has 1 N–H and O–H groups in total. The number of nitrogens with zero attached hydrogens (tertiary/aromatic N) is 1. The van der Waals surface area contributed by atoms with Crippen molar-refractivity contribution in [3.8, 4) is 0 Å². The SMILES string of the molecule is CCNC1CCN(C2CC3CCC2C3)C1. The second-order valence-corrected chi connectivity index (χ2v) is 5.78. The first-order valence-electron chi connectivity index (χ1n) is 6.84. The number of fused-ring (bicyclic) bond motifs is 2. The molecule has 2 aliphatic carbocycles. The van der Waals surface area contributed by atoms with Crippen molar-refractivity contribution in [2.24, 2.45) is 11.8 Å². The molecule has 1 saturated heterocycles. The maximum absolute atomic E-state index is 3.60. The largest absolute Gasteiger partial charge is 0.313 e. The van der Waals surface area contributed by atoms with Gasteiger partial charge >= 0.3 is 0 Å². The molecule has 0 amide bonds. The van der Waals surface area contributed by atoms with Gasteiger partial charge in [0.15, 0.2) is 0 Å². The Kier molecular flexibility index (Phi) is 2.73. The molecule has 15 heavy (non-hydrogen) atoms. The Balaban J connectivity index is 1.56. The number of likely N-dealkylation sites (tertiary alicyclic amines) is 1. The fourth-order valence-corrected chi connectivity index (χ4v) is 4.20. The van der Waals surface area contributed by atoms with Gasteiger partial charge < -0.3 is 5.32 Å². The zero-order chi connectivity index (χ0) is 10.3. The van der Waals surface area contributed by atoms with Crippen LogP contribution < -0.4 is 5.32 Å². The van der Waals surface area contributed by atoms with Gasteiger partial charge in [-0.15, -0.1) is 0 Å². The lowest BCUT2D eigenvalue weighted by molar-refractivity contribution is 0.172. The fourth-order valence-electron chi connectivity index (χ4n) is 4.20. The van der Waals surface area contributed by atoms with E-state index in [2.05, 4.69) is 17.1 Å². The topological polar surface area (TPSA) is 15.3 Å². The summed E-state index contributed by atoms with van der Waals surface area (Å²) >= 11 is 0. The van der Waals surface area contributed by atoms with Crippen LogP contribution in [0.1, 0.15) is 39.0 Å². The van der Waals surface area contributed by atoms with Crippen molar-refractivity contribution >= 4 is 0 Å². The molecule has 3 aliphatic rings. The van der Waals surface area contributed by atoms with Crippen molar-refractivity contribution in [2.45, 2.75) is 51.1 Å². The van der Waals surface area contributed by atoms with Crippen LogP contribution in [-0.4, -0.2) is 36.6 Å². The molecule has 0 spiro atoms. The Labute approximate surface area is 93.4 Å². The van der Waals surface area contributed by atoms with E-state index in [4.69, 9.17) is 0 Å². The first-order valence-corrected chi connectivity index (χ1v) is 6.84. The van der Waals surface area contributed by atoms with Gasteiger partial charge in [-0.25, -0.2) is 0 Å². The van der Waals surface area contributed by atoms with Crippen molar-refractivity contribution in [3.63, 3.8) is 0 Å². The van der Waals surface area contributed by atoms with Gasteiger partial charge in [0.25, 0.3) is 0 Å². The Bertz CT molecular complexity index is 229. The maximum Gasteiger partial charge on any atom is 0.0207 e. The molecule has 4 atom stereocenters. The second-order valence-electron chi connectivity index (χ2n) is 5.78. The van der Waals surface area contributed by atoms with E-state index >= 15 is 0 Å². The minimum Gasteiger partial charge on any atom is -0.313 e. The number of nitrogens with one attached hydrogen (secondary N) is 1. The monoisotopic (exact) mass is 208 g/mol. The summed E-state index contributed by atoms with van der Waals surface area (Å²) in [6.07, 6.45) is 7.50. The van der Waals surface area contributed by atoms with E-state index < -0.39 is 0 Å². The molecular weight excluding hydrogens is 184 g/mol. The van der Waals surface area contributed by atoms with Crippen molar-refractivity contribution in [1.82, 2.24) is 10.2 Å². The van der Waals surface area contributed by atoms with Gasteiger partial charge in [0, 0.05) is 25.2 Å². The van der Waals surface area contributed by atoms with E-state index in [-0.39, 0.29) is 0 Å². The number of hydrogen-bond acceptors (Lipinski definition) is 2. The quantitative estimate of drug-likeness (QED) is 0.761. The molecular formula is C13H24N2. The first-order chi connectivity index (χ1) is 7.36. The molecule has 3 fully saturated rings. The summed E-state index contributed by atoms with van der Waals surface area (Å²) in [6, 6.07) is 1.75. The van der Waals surface area contributed by atoms with E-state index in [0.29, 0.717) is 0 Å². The van der Waals surface area contributed by atoms with Gasteiger partial charge in [-0.1, -0.05) is 13.3 Å². The Morgan fingerprint density at radius 1 is 1.20 bits per heavy atom. The van der Waals surface area contributed by atoms with E-state index in [1.54, 1.807) is 6.42 Å². The van der Waals surface area contributed by atoms with Gasteiger partial charge in [0.2, 0.25) is 0 Å². The lowest BCUT2D eigenvalue weighted by atomic mass is 9.94. The second kappa shape index (κ2) is 4.06. The van der Waals surface area contributed by atoms with Crippen LogP contribution in [0.5, 0.6) is 0 Å². The van der Waals surface area contributed by atoms with Gasteiger partial charge in [-0.05, 0) is 44.1 Å². The molecule has 2 bridgehead atoms. The third-order valence-corrected chi connectivity index (χ3v) is 4.88. The van der Waals surface area contributed by atoms with E-state index in [9.17, 15) is 0 Å². The van der Waals surface area contributed by atoms with E-state index in [0.717, 1.165) is 30.5 Å². The highest BCUT2D eigenvalue weighted by Crippen LogP contribution is 2.47. The summed E-state index contributed by atoms with van der Waals surface area (Å²) < 4.78 is 0. The molecule has 2 heteroatoms. The number of likely N-dealkylation sites (N-methyl/N-ethyl adjacent to an activating group) is 1. The maximum atomic E-state index is 3.60. The van der Waals surface area contributed by atoms with Crippen molar-refractivity contribution < 1.29 is 0 Å². The average Bonchev–Trinajstić information content (AvgIpc) is 2.91. The molecule has 0 aromatic rings. The predicted octanol–water partition coefficient (Wildman–Crippen LogP) is 1.86. The molecule has 2 saturated carbocycles. The van der Waals surface area contributed by atoms with Crippen LogP contribution in [0.4, 0.5) is 0 Å². The van der Waals surface area contributed by atoms with Crippen LogP contribution in [-0.2, 0) is 0 Å². The van der Waals surface area contributed by atoms with Gasteiger partial charge in [0.05, 0.1) is 0 Å². The predicted molar refractivity (Wildman–Crippen MR) is 62.9 cm³/mol. The van der Waals surface area contributed by atoms with E-state index in [1.165, 1.54) is 38.8 Å². The molecule has 1 heterocycles. The van der Waals surface area contributed by atoms with Crippen molar-refractivity contribution in [3.05, 3.63) is 0 Å². The van der Waals surface area contributed by atoms with Crippen LogP contribution in [0, 0.1) is 11.8 Å². The molecule has 0 radical (unpaired) electrons. The normalized spacial score (nSPS) is 45.4. The summed E-state index contributed by atoms with van der Waals surface area (Å²) in [5.74, 6) is 2.16. The standard InChI is InChI=1S/C13H24N2/c1-2-14-12-5-6-15(9-12)13-8-10-3-4-11(13)7-10/h10-14H,2-9H2,1H3. The zero-order valence-corrected chi connectivity index (χ0v) is 9.91. The third kappa shape index (κ3) is 1.83. The minimum atomic E-state index is 0.786. The molecule has 86 valence electrons.